The molecule has 0 saturated heterocycles. The van der Waals surface area contributed by atoms with Gasteiger partial charge in [0.1, 0.15) is 5.82 Å². The summed E-state index contributed by atoms with van der Waals surface area (Å²) < 4.78 is 2.82. The number of fused-ring (bicyclic) bond motifs is 1. The van der Waals surface area contributed by atoms with Crippen LogP contribution < -0.4 is 0 Å². The van der Waals surface area contributed by atoms with Crippen LogP contribution in [0.5, 0.6) is 0 Å². The van der Waals surface area contributed by atoms with Gasteiger partial charge >= 0.3 is 0 Å². The summed E-state index contributed by atoms with van der Waals surface area (Å²) >= 11 is 22.1. The van der Waals surface area contributed by atoms with E-state index in [1.165, 1.54) is 0 Å². The minimum Gasteiger partial charge on any atom is -0.292 e. The van der Waals surface area contributed by atoms with Crippen LogP contribution >= 0.6 is 50.7 Å². The zero-order chi connectivity index (χ0) is 14.3. The quantitative estimate of drug-likeness (QED) is 0.503. The van der Waals surface area contributed by atoms with Crippen LogP contribution in [0.3, 0.4) is 0 Å². The van der Waals surface area contributed by atoms with E-state index >= 15 is 0 Å². The highest BCUT2D eigenvalue weighted by Crippen LogP contribution is 2.33. The Morgan fingerprint density at radius 1 is 1.10 bits per heavy atom. The molecule has 3 rings (SSSR count). The van der Waals surface area contributed by atoms with Crippen LogP contribution in [-0.4, -0.2) is 9.55 Å². The molecule has 0 aliphatic carbocycles. The van der Waals surface area contributed by atoms with Crippen molar-refractivity contribution in [3.8, 4) is 5.69 Å². The van der Waals surface area contributed by atoms with Crippen molar-refractivity contribution in [1.29, 1.82) is 0 Å². The monoisotopic (exact) mass is 388 g/mol. The predicted octanol–water partition coefficient (Wildman–Crippen LogP) is 5.83. The lowest BCUT2D eigenvalue weighted by atomic mass is 10.2. The molecular weight excluding hydrogens is 382 g/mol. The average molecular weight is 390 g/mol. The van der Waals surface area contributed by atoms with Crippen LogP contribution in [0.15, 0.2) is 40.9 Å². The van der Waals surface area contributed by atoms with Gasteiger partial charge in [-0.3, -0.25) is 4.57 Å². The Bertz CT molecular complexity index is 798. The second kappa shape index (κ2) is 5.57. The molecule has 0 saturated carbocycles. The lowest BCUT2D eigenvalue weighted by molar-refractivity contribution is 0.981. The van der Waals surface area contributed by atoms with Gasteiger partial charge in [-0.2, -0.15) is 0 Å². The maximum atomic E-state index is 6.32. The second-order valence-corrected chi connectivity index (χ2v) is 6.20. The van der Waals surface area contributed by atoms with E-state index in [0.29, 0.717) is 15.9 Å². The molecule has 0 aliphatic rings. The fourth-order valence-electron chi connectivity index (χ4n) is 2.14. The Kier molecular flexibility index (Phi) is 3.95. The third-order valence-electron chi connectivity index (χ3n) is 2.97. The highest BCUT2D eigenvalue weighted by atomic mass is 79.9. The third-order valence-corrected chi connectivity index (χ3v) is 4.32. The van der Waals surface area contributed by atoms with Crippen LogP contribution in [-0.2, 0) is 5.88 Å². The van der Waals surface area contributed by atoms with E-state index in [-0.39, 0.29) is 5.88 Å². The first-order valence-corrected chi connectivity index (χ1v) is 7.87. The second-order valence-electron chi connectivity index (χ2n) is 4.20. The molecule has 20 heavy (non-hydrogen) atoms. The van der Waals surface area contributed by atoms with Gasteiger partial charge in [-0.05, 0) is 30.3 Å². The summed E-state index contributed by atoms with van der Waals surface area (Å²) in [5.41, 5.74) is 2.40. The Morgan fingerprint density at radius 2 is 1.90 bits per heavy atom. The summed E-state index contributed by atoms with van der Waals surface area (Å²) in [5.74, 6) is 0.975. The predicted molar refractivity (Wildman–Crippen MR) is 88.3 cm³/mol. The normalized spacial score (nSPS) is 11.2. The van der Waals surface area contributed by atoms with E-state index in [1.807, 2.05) is 41.0 Å². The fourth-order valence-corrected chi connectivity index (χ4v) is 3.12. The molecule has 1 aromatic heterocycles. The number of halogens is 4. The van der Waals surface area contributed by atoms with E-state index in [9.17, 15) is 0 Å². The molecule has 3 aromatic rings. The van der Waals surface area contributed by atoms with Gasteiger partial charge in [0.25, 0.3) is 0 Å². The minimum atomic E-state index is 0.272. The molecule has 0 amide bonds. The van der Waals surface area contributed by atoms with Crippen molar-refractivity contribution in [3.05, 3.63) is 56.7 Å². The number of benzene rings is 2. The van der Waals surface area contributed by atoms with Crippen molar-refractivity contribution >= 4 is 61.8 Å². The highest BCUT2D eigenvalue weighted by Gasteiger charge is 2.16. The number of rotatable bonds is 2. The smallest absolute Gasteiger partial charge is 0.129 e. The minimum absolute atomic E-state index is 0.272. The SMILES string of the molecule is ClCc1nc2cccc(Cl)c2n1-c1cc(Br)ccc1Cl. The highest BCUT2D eigenvalue weighted by molar-refractivity contribution is 9.10. The van der Waals surface area contributed by atoms with Crippen LogP contribution in [0.1, 0.15) is 5.82 Å². The van der Waals surface area contributed by atoms with E-state index in [4.69, 9.17) is 34.8 Å². The number of hydrogen-bond acceptors (Lipinski definition) is 1. The zero-order valence-electron chi connectivity index (χ0n) is 10.1. The molecule has 0 radical (unpaired) electrons. The Labute approximate surface area is 139 Å². The largest absolute Gasteiger partial charge is 0.292 e. The maximum Gasteiger partial charge on any atom is 0.129 e. The van der Waals surface area contributed by atoms with Crippen molar-refractivity contribution < 1.29 is 0 Å². The number of aromatic nitrogens is 2. The molecule has 0 N–H and O–H groups in total. The van der Waals surface area contributed by atoms with E-state index < -0.39 is 0 Å². The van der Waals surface area contributed by atoms with E-state index in [1.54, 1.807) is 0 Å². The van der Waals surface area contributed by atoms with Crippen LogP contribution in [0.2, 0.25) is 10.0 Å². The molecule has 0 spiro atoms. The van der Waals surface area contributed by atoms with Gasteiger partial charge in [-0.15, -0.1) is 11.6 Å². The number of imidazole rings is 1. The first-order valence-electron chi connectivity index (χ1n) is 5.79. The Morgan fingerprint density at radius 3 is 2.65 bits per heavy atom. The molecule has 0 bridgehead atoms. The van der Waals surface area contributed by atoms with Crippen molar-refractivity contribution in [1.82, 2.24) is 9.55 Å². The van der Waals surface area contributed by atoms with Gasteiger partial charge in [0.15, 0.2) is 0 Å². The fraction of sp³-hybridized carbons (Fsp3) is 0.0714. The van der Waals surface area contributed by atoms with Gasteiger partial charge in [0.05, 0.1) is 32.6 Å². The number of alkyl halides is 1. The summed E-state index contributed by atoms with van der Waals surface area (Å²) in [7, 11) is 0. The molecule has 1 heterocycles. The molecule has 102 valence electrons. The van der Waals surface area contributed by atoms with E-state index in [2.05, 4.69) is 20.9 Å². The third kappa shape index (κ3) is 2.33. The van der Waals surface area contributed by atoms with Crippen molar-refractivity contribution in [3.63, 3.8) is 0 Å². The lowest BCUT2D eigenvalue weighted by Crippen LogP contribution is -2.00. The number of nitrogens with zero attached hydrogens (tertiary/aromatic N) is 2. The first kappa shape index (κ1) is 14.2. The molecule has 0 unspecified atom stereocenters. The van der Waals surface area contributed by atoms with Gasteiger partial charge in [-0.25, -0.2) is 4.98 Å². The van der Waals surface area contributed by atoms with Crippen LogP contribution in [0.25, 0.3) is 16.7 Å². The molecule has 0 fully saturated rings. The van der Waals surface area contributed by atoms with Crippen molar-refractivity contribution in [2.75, 3.05) is 0 Å². The molecule has 6 heteroatoms. The lowest BCUT2D eigenvalue weighted by Gasteiger charge is -2.11. The zero-order valence-corrected chi connectivity index (χ0v) is 13.9. The molecule has 2 aromatic carbocycles. The summed E-state index contributed by atoms with van der Waals surface area (Å²) in [6.45, 7) is 0. The summed E-state index contributed by atoms with van der Waals surface area (Å²) in [6, 6.07) is 11.2. The molecule has 0 aliphatic heterocycles. The average Bonchev–Trinajstić information content (AvgIpc) is 2.81. The molecule has 0 atom stereocenters. The topological polar surface area (TPSA) is 17.8 Å². The van der Waals surface area contributed by atoms with Crippen LogP contribution in [0, 0.1) is 0 Å². The number of hydrogen-bond donors (Lipinski definition) is 0. The molecular formula is C14H8BrCl3N2. The summed E-state index contributed by atoms with van der Waals surface area (Å²) in [4.78, 5) is 4.51. The van der Waals surface area contributed by atoms with Gasteiger partial charge in [-0.1, -0.05) is 45.2 Å². The number of para-hydroxylation sites is 1. The van der Waals surface area contributed by atoms with Gasteiger partial charge in [0, 0.05) is 4.47 Å². The van der Waals surface area contributed by atoms with Crippen LogP contribution in [0.4, 0.5) is 0 Å². The first-order chi connectivity index (χ1) is 9.61. The maximum absolute atomic E-state index is 6.32. The van der Waals surface area contributed by atoms with Crippen molar-refractivity contribution in [2.24, 2.45) is 0 Å². The summed E-state index contributed by atoms with van der Waals surface area (Å²) in [5, 5.41) is 1.22. The van der Waals surface area contributed by atoms with Gasteiger partial charge < -0.3 is 0 Å². The van der Waals surface area contributed by atoms with Crippen molar-refractivity contribution in [2.45, 2.75) is 5.88 Å². The van der Waals surface area contributed by atoms with E-state index in [0.717, 1.165) is 21.2 Å². The standard InChI is InChI=1S/C14H8BrCl3N2/c15-8-4-5-9(17)12(6-8)20-13(7-16)19-11-3-1-2-10(18)14(11)20/h1-6H,7H2. The molecule has 2 nitrogen and oxygen atoms in total. The Balaban J connectivity index is 2.42. The van der Waals surface area contributed by atoms with Gasteiger partial charge in [0.2, 0.25) is 0 Å². The Hall–Kier alpha value is -0.740. The summed E-state index contributed by atoms with van der Waals surface area (Å²) in [6.07, 6.45) is 0.